The summed E-state index contributed by atoms with van der Waals surface area (Å²) in [7, 11) is 0. The number of unbranched alkanes of at least 4 members (excludes halogenated alkanes) is 5. The van der Waals surface area contributed by atoms with Crippen LogP contribution in [-0.4, -0.2) is 42.0 Å². The molecule has 2 unspecified atom stereocenters. The second-order valence-corrected chi connectivity index (χ2v) is 6.63. The average Bonchev–Trinajstić information content (AvgIpc) is 2.93. The van der Waals surface area contributed by atoms with Crippen molar-refractivity contribution in [1.29, 1.82) is 0 Å². The zero-order chi connectivity index (χ0) is 17.1. The first-order chi connectivity index (χ1) is 11.1. The molecule has 1 amide bonds. The topological polar surface area (TPSA) is 41.5 Å². The first-order valence-electron chi connectivity index (χ1n) is 9.39. The van der Waals surface area contributed by atoms with Crippen molar-refractivity contribution in [1.82, 2.24) is 5.32 Å². The van der Waals surface area contributed by atoms with Crippen LogP contribution in [0.15, 0.2) is 17.1 Å². The maximum absolute atomic E-state index is 11.4. The molecular weight excluding hydrogens is 286 g/mol. The summed E-state index contributed by atoms with van der Waals surface area (Å²) in [6.45, 7) is 11.0. The van der Waals surface area contributed by atoms with Gasteiger partial charge in [0, 0.05) is 13.8 Å². The summed E-state index contributed by atoms with van der Waals surface area (Å²) < 4.78 is 0.806. The molecule has 23 heavy (non-hydrogen) atoms. The van der Waals surface area contributed by atoms with Crippen LogP contribution < -0.4 is 5.32 Å². The van der Waals surface area contributed by atoms with Gasteiger partial charge in [0.15, 0.2) is 6.17 Å². The van der Waals surface area contributed by atoms with E-state index in [1.165, 1.54) is 44.4 Å². The Balaban J connectivity index is 2.46. The van der Waals surface area contributed by atoms with Crippen molar-refractivity contribution < 1.29 is 9.28 Å². The lowest BCUT2D eigenvalue weighted by atomic mass is 10.1. The first kappa shape index (κ1) is 19.9. The SMILES string of the molecule is CCCCCCC/C=C/CC1=NCC[N+]1(CC)C(C)NC(C)=O. The van der Waals surface area contributed by atoms with E-state index in [0.717, 1.165) is 30.5 Å². The standard InChI is InChI=1S/C19H35N3O/c1-5-7-8-9-10-11-12-13-14-19-20-15-16-22(19,6-2)17(3)21-18(4)23/h12-13,17H,5-11,14-16H2,1-4H3/p+1/b13-12+. The van der Waals surface area contributed by atoms with Gasteiger partial charge < -0.3 is 5.32 Å². The summed E-state index contributed by atoms with van der Waals surface area (Å²) in [5, 5.41) is 3.07. The minimum atomic E-state index is 0.0392. The van der Waals surface area contributed by atoms with Gasteiger partial charge in [0.25, 0.3) is 0 Å². The Bertz CT molecular complexity index is 417. The highest BCUT2D eigenvalue weighted by Crippen LogP contribution is 2.21. The molecule has 0 aromatic carbocycles. The number of amidine groups is 1. The number of carbonyl (C=O) groups is 1. The lowest BCUT2D eigenvalue weighted by Crippen LogP contribution is -2.62. The predicted octanol–water partition coefficient (Wildman–Crippen LogP) is 4.02. The molecule has 2 atom stereocenters. The molecule has 4 heteroatoms. The molecule has 0 radical (unpaired) electrons. The summed E-state index contributed by atoms with van der Waals surface area (Å²) in [6.07, 6.45) is 13.4. The van der Waals surface area contributed by atoms with Gasteiger partial charge in [0.1, 0.15) is 6.54 Å². The van der Waals surface area contributed by atoms with Crippen molar-refractivity contribution in [2.24, 2.45) is 4.99 Å². The molecule has 1 aliphatic heterocycles. The third kappa shape index (κ3) is 6.09. The van der Waals surface area contributed by atoms with Crippen LogP contribution >= 0.6 is 0 Å². The predicted molar refractivity (Wildman–Crippen MR) is 98.4 cm³/mol. The minimum Gasteiger partial charge on any atom is -0.307 e. The minimum absolute atomic E-state index is 0.0392. The molecule has 132 valence electrons. The summed E-state index contributed by atoms with van der Waals surface area (Å²) >= 11 is 0. The number of quaternary nitrogens is 1. The number of hydrogen-bond donors (Lipinski definition) is 1. The summed E-state index contributed by atoms with van der Waals surface area (Å²) in [4.78, 5) is 16.1. The molecule has 1 N–H and O–H groups in total. The Morgan fingerprint density at radius 1 is 1.26 bits per heavy atom. The molecule has 1 aliphatic rings. The van der Waals surface area contributed by atoms with Crippen LogP contribution in [0.1, 0.15) is 72.6 Å². The number of allylic oxidation sites excluding steroid dienone is 1. The molecular formula is C19H36N3O+. The van der Waals surface area contributed by atoms with Crippen LogP contribution in [0.4, 0.5) is 0 Å². The van der Waals surface area contributed by atoms with Crippen molar-refractivity contribution in [3.05, 3.63) is 12.2 Å². The van der Waals surface area contributed by atoms with E-state index in [1.807, 2.05) is 0 Å². The molecule has 0 aromatic rings. The zero-order valence-electron chi connectivity index (χ0n) is 15.6. The van der Waals surface area contributed by atoms with E-state index in [-0.39, 0.29) is 12.1 Å². The van der Waals surface area contributed by atoms with Crippen LogP contribution in [0.25, 0.3) is 0 Å². The maximum Gasteiger partial charge on any atom is 0.221 e. The Kier molecular flexibility index (Phi) is 9.15. The fourth-order valence-corrected chi connectivity index (χ4v) is 3.50. The van der Waals surface area contributed by atoms with Gasteiger partial charge in [-0.25, -0.2) is 4.99 Å². The molecule has 0 bridgehead atoms. The maximum atomic E-state index is 11.4. The summed E-state index contributed by atoms with van der Waals surface area (Å²) in [5.41, 5.74) is 0. The van der Waals surface area contributed by atoms with Gasteiger partial charge in [-0.3, -0.25) is 9.28 Å². The van der Waals surface area contributed by atoms with E-state index >= 15 is 0 Å². The monoisotopic (exact) mass is 322 g/mol. The Morgan fingerprint density at radius 2 is 2.00 bits per heavy atom. The molecule has 0 aromatic heterocycles. The number of nitrogens with zero attached hydrogens (tertiary/aromatic N) is 2. The van der Waals surface area contributed by atoms with Gasteiger partial charge in [-0.05, 0) is 19.8 Å². The van der Waals surface area contributed by atoms with E-state index < -0.39 is 0 Å². The van der Waals surface area contributed by atoms with Crippen LogP contribution in [0, 0.1) is 0 Å². The van der Waals surface area contributed by atoms with Crippen LogP contribution in [0.5, 0.6) is 0 Å². The lowest BCUT2D eigenvalue weighted by molar-refractivity contribution is -0.861. The van der Waals surface area contributed by atoms with Crippen LogP contribution in [-0.2, 0) is 4.79 Å². The molecule has 0 fully saturated rings. The van der Waals surface area contributed by atoms with E-state index in [9.17, 15) is 4.79 Å². The summed E-state index contributed by atoms with van der Waals surface area (Å²) in [5.74, 6) is 1.26. The van der Waals surface area contributed by atoms with E-state index in [2.05, 4.69) is 38.2 Å². The van der Waals surface area contributed by atoms with Gasteiger partial charge in [-0.1, -0.05) is 44.8 Å². The molecule has 0 saturated heterocycles. The van der Waals surface area contributed by atoms with E-state index in [4.69, 9.17) is 4.99 Å². The number of hydrogen-bond acceptors (Lipinski definition) is 2. The van der Waals surface area contributed by atoms with Crippen molar-refractivity contribution in [3.63, 3.8) is 0 Å². The molecule has 1 rings (SSSR count). The van der Waals surface area contributed by atoms with Gasteiger partial charge in [0.05, 0.1) is 19.5 Å². The normalized spacial score (nSPS) is 22.3. The highest BCUT2D eigenvalue weighted by atomic mass is 16.1. The van der Waals surface area contributed by atoms with Gasteiger partial charge in [-0.2, -0.15) is 0 Å². The van der Waals surface area contributed by atoms with Crippen molar-refractivity contribution in [2.45, 2.75) is 78.8 Å². The number of aliphatic imine (C=N–C) groups is 1. The second kappa shape index (κ2) is 10.6. The van der Waals surface area contributed by atoms with Crippen molar-refractivity contribution >= 4 is 11.7 Å². The zero-order valence-corrected chi connectivity index (χ0v) is 15.6. The molecule has 0 saturated carbocycles. The third-order valence-corrected chi connectivity index (χ3v) is 4.97. The van der Waals surface area contributed by atoms with Crippen LogP contribution in [0.3, 0.4) is 0 Å². The van der Waals surface area contributed by atoms with Crippen LogP contribution in [0.2, 0.25) is 0 Å². The molecule has 1 heterocycles. The fourth-order valence-electron chi connectivity index (χ4n) is 3.50. The molecule has 0 spiro atoms. The average molecular weight is 323 g/mol. The smallest absolute Gasteiger partial charge is 0.221 e. The Labute approximate surface area is 142 Å². The lowest BCUT2D eigenvalue weighted by Gasteiger charge is -2.39. The Morgan fingerprint density at radius 3 is 2.65 bits per heavy atom. The number of amides is 1. The highest BCUT2D eigenvalue weighted by molar-refractivity contribution is 5.79. The quantitative estimate of drug-likeness (QED) is 0.348. The third-order valence-electron chi connectivity index (χ3n) is 4.97. The van der Waals surface area contributed by atoms with E-state index in [1.54, 1.807) is 6.92 Å². The highest BCUT2D eigenvalue weighted by Gasteiger charge is 2.41. The first-order valence-corrected chi connectivity index (χ1v) is 9.39. The largest absolute Gasteiger partial charge is 0.307 e. The number of likely N-dealkylation sites (N-methyl/N-ethyl adjacent to an activating group) is 1. The van der Waals surface area contributed by atoms with Crippen molar-refractivity contribution in [3.8, 4) is 0 Å². The second-order valence-electron chi connectivity index (χ2n) is 6.63. The fraction of sp³-hybridized carbons (Fsp3) is 0.789. The van der Waals surface area contributed by atoms with Gasteiger partial charge >= 0.3 is 0 Å². The van der Waals surface area contributed by atoms with Crippen molar-refractivity contribution in [2.75, 3.05) is 19.6 Å². The number of rotatable bonds is 11. The summed E-state index contributed by atoms with van der Waals surface area (Å²) in [6, 6.07) is 0. The Hall–Kier alpha value is -1.16. The van der Waals surface area contributed by atoms with E-state index in [0.29, 0.717) is 0 Å². The number of nitrogens with one attached hydrogen (secondary N) is 1. The van der Waals surface area contributed by atoms with Gasteiger partial charge in [0.2, 0.25) is 11.7 Å². The molecule has 0 aliphatic carbocycles. The number of carbonyl (C=O) groups excluding carboxylic acids is 1. The molecule has 4 nitrogen and oxygen atoms in total. The van der Waals surface area contributed by atoms with Gasteiger partial charge in [-0.15, -0.1) is 0 Å².